The second kappa shape index (κ2) is 8.54. The van der Waals surface area contributed by atoms with Crippen LogP contribution in [0.1, 0.15) is 11.6 Å². The van der Waals surface area contributed by atoms with Crippen molar-refractivity contribution >= 4 is 40.7 Å². The number of phenolic OH excluding ortho intramolecular Hbond substituents is 1. The first-order valence-electron chi connectivity index (χ1n) is 6.00. The van der Waals surface area contributed by atoms with E-state index in [4.69, 9.17) is 0 Å². The van der Waals surface area contributed by atoms with Gasteiger partial charge in [-0.15, -0.1) is 24.8 Å². The summed E-state index contributed by atoms with van der Waals surface area (Å²) in [5.74, 6) is -2.02. The minimum absolute atomic E-state index is 0. The molecule has 128 valence electrons. The van der Waals surface area contributed by atoms with E-state index in [1.54, 1.807) is 0 Å². The van der Waals surface area contributed by atoms with Crippen LogP contribution in [0.15, 0.2) is 16.6 Å². The summed E-state index contributed by atoms with van der Waals surface area (Å²) in [5, 5.41) is 12.6. The Labute approximate surface area is 146 Å². The zero-order chi connectivity index (χ0) is 14.9. The second-order valence-corrected chi connectivity index (χ2v) is 5.47. The van der Waals surface area contributed by atoms with Crippen LogP contribution in [0.4, 0.5) is 17.6 Å². The van der Waals surface area contributed by atoms with Gasteiger partial charge in [0.2, 0.25) is 0 Å². The van der Waals surface area contributed by atoms with Crippen LogP contribution < -0.4 is 5.32 Å². The molecule has 1 fully saturated rings. The van der Waals surface area contributed by atoms with Crippen LogP contribution in [-0.4, -0.2) is 42.4 Å². The molecule has 0 saturated carbocycles. The first-order chi connectivity index (χ1) is 9.30. The number of hydrogen-bond acceptors (Lipinski definition) is 3. The van der Waals surface area contributed by atoms with Gasteiger partial charge in [0.1, 0.15) is 6.04 Å². The highest BCUT2D eigenvalue weighted by Crippen LogP contribution is 2.43. The number of nitrogens with zero attached hydrogens (tertiary/aromatic N) is 1. The molecule has 1 aromatic rings. The van der Waals surface area contributed by atoms with Gasteiger partial charge in [0.05, 0.1) is 0 Å². The lowest BCUT2D eigenvalue weighted by molar-refractivity contribution is -0.188. The number of alkyl halides is 3. The molecule has 1 aromatic carbocycles. The van der Waals surface area contributed by atoms with Crippen LogP contribution >= 0.6 is 40.7 Å². The van der Waals surface area contributed by atoms with Crippen molar-refractivity contribution < 1.29 is 22.7 Å². The zero-order valence-corrected chi connectivity index (χ0v) is 14.4. The molecule has 1 heterocycles. The van der Waals surface area contributed by atoms with E-state index in [-0.39, 0.29) is 42.4 Å². The summed E-state index contributed by atoms with van der Waals surface area (Å²) >= 11 is 2.96. The van der Waals surface area contributed by atoms with E-state index >= 15 is 0 Å². The first kappa shape index (κ1) is 21.7. The Hall–Kier alpha value is -0.280. The average Bonchev–Trinajstić information content (AvgIpc) is 2.35. The molecule has 0 amide bonds. The Morgan fingerprint density at radius 3 is 2.23 bits per heavy atom. The monoisotopic (exact) mass is 428 g/mol. The summed E-state index contributed by atoms with van der Waals surface area (Å²) in [5.41, 5.74) is -0.466. The Kier molecular flexibility index (Phi) is 8.43. The van der Waals surface area contributed by atoms with Gasteiger partial charge >= 0.3 is 6.18 Å². The topological polar surface area (TPSA) is 35.5 Å². The maximum atomic E-state index is 13.5. The summed E-state index contributed by atoms with van der Waals surface area (Å²) in [6.45, 7) is 1.20. The maximum Gasteiger partial charge on any atom is 0.408 e. The molecule has 1 saturated heterocycles. The fourth-order valence-electron chi connectivity index (χ4n) is 2.31. The number of piperazine rings is 1. The highest BCUT2D eigenvalue weighted by Gasteiger charge is 2.46. The van der Waals surface area contributed by atoms with Gasteiger partial charge in [-0.05, 0) is 12.1 Å². The van der Waals surface area contributed by atoms with Crippen molar-refractivity contribution in [2.75, 3.05) is 26.2 Å². The zero-order valence-electron chi connectivity index (χ0n) is 11.2. The Bertz CT molecular complexity index is 499. The molecule has 1 aliphatic rings. The Balaban J connectivity index is 0.00000220. The number of halogens is 7. The van der Waals surface area contributed by atoms with E-state index in [2.05, 4.69) is 21.2 Å². The lowest BCUT2D eigenvalue weighted by Crippen LogP contribution is -2.49. The van der Waals surface area contributed by atoms with E-state index < -0.39 is 29.3 Å². The van der Waals surface area contributed by atoms with Crippen molar-refractivity contribution in [2.45, 2.75) is 12.2 Å². The van der Waals surface area contributed by atoms with Gasteiger partial charge in [-0.2, -0.15) is 13.2 Å². The van der Waals surface area contributed by atoms with Gasteiger partial charge in [0, 0.05) is 36.2 Å². The van der Waals surface area contributed by atoms with Crippen LogP contribution in [0.2, 0.25) is 0 Å². The van der Waals surface area contributed by atoms with Crippen molar-refractivity contribution in [2.24, 2.45) is 0 Å². The predicted octanol–water partition coefficient (Wildman–Crippen LogP) is 3.65. The van der Waals surface area contributed by atoms with Crippen LogP contribution in [0.3, 0.4) is 0 Å². The van der Waals surface area contributed by atoms with Gasteiger partial charge < -0.3 is 10.4 Å². The summed E-state index contributed by atoms with van der Waals surface area (Å²) in [4.78, 5) is 1.19. The fraction of sp³-hybridized carbons (Fsp3) is 0.500. The van der Waals surface area contributed by atoms with E-state index in [1.807, 2.05) is 0 Å². The molecule has 0 bridgehead atoms. The van der Waals surface area contributed by atoms with Crippen LogP contribution in [0, 0.1) is 5.82 Å². The van der Waals surface area contributed by atoms with E-state index in [0.717, 1.165) is 12.1 Å². The number of aromatic hydroxyl groups is 1. The average molecular weight is 430 g/mol. The molecule has 0 aliphatic carbocycles. The number of phenols is 1. The minimum atomic E-state index is -4.60. The summed E-state index contributed by atoms with van der Waals surface area (Å²) in [6, 6.07) is 0.0272. The molecule has 0 radical (unpaired) electrons. The molecule has 22 heavy (non-hydrogen) atoms. The second-order valence-electron chi connectivity index (χ2n) is 4.56. The number of benzene rings is 1. The van der Waals surface area contributed by atoms with Crippen molar-refractivity contribution in [3.05, 3.63) is 28.0 Å². The Morgan fingerprint density at radius 1 is 1.18 bits per heavy atom. The lowest BCUT2D eigenvalue weighted by Gasteiger charge is -2.36. The molecule has 2 N–H and O–H groups in total. The van der Waals surface area contributed by atoms with Gasteiger partial charge in [0.15, 0.2) is 11.6 Å². The van der Waals surface area contributed by atoms with Crippen molar-refractivity contribution in [3.8, 4) is 5.75 Å². The van der Waals surface area contributed by atoms with Gasteiger partial charge in [-0.1, -0.05) is 15.9 Å². The van der Waals surface area contributed by atoms with E-state index in [9.17, 15) is 22.7 Å². The molecular formula is C12H15BrCl2F4N2O. The third kappa shape index (κ3) is 4.86. The fourth-order valence-corrected chi connectivity index (χ4v) is 2.76. The summed E-state index contributed by atoms with van der Waals surface area (Å²) < 4.78 is 53.6. The largest absolute Gasteiger partial charge is 0.505 e. The van der Waals surface area contributed by atoms with Gasteiger partial charge in [-0.25, -0.2) is 4.39 Å². The third-order valence-corrected chi connectivity index (χ3v) is 3.64. The standard InChI is InChI=1S/C12H13BrF4N2O.2ClH/c13-7-5-8(10(20)9(14)6-7)11(12(15,16)17)19-3-1-18-2-4-19;;/h5-6,11,18,20H,1-4H2;2*1H/t11-;;/m0../s1. The predicted molar refractivity (Wildman–Crippen MR) is 83.5 cm³/mol. The molecule has 2 rings (SSSR count). The van der Waals surface area contributed by atoms with E-state index in [1.165, 1.54) is 4.90 Å². The third-order valence-electron chi connectivity index (χ3n) is 3.18. The smallest absolute Gasteiger partial charge is 0.408 e. The molecule has 1 aliphatic heterocycles. The molecule has 1 atom stereocenters. The SMILES string of the molecule is Cl.Cl.Oc1c(F)cc(Br)cc1[C@H](N1CCNCC1)C(F)(F)F. The van der Waals surface area contributed by atoms with Crippen LogP contribution in [-0.2, 0) is 0 Å². The summed E-state index contributed by atoms with van der Waals surface area (Å²) in [6.07, 6.45) is -4.60. The van der Waals surface area contributed by atoms with Crippen LogP contribution in [0.25, 0.3) is 0 Å². The van der Waals surface area contributed by atoms with Crippen LogP contribution in [0.5, 0.6) is 5.75 Å². The quantitative estimate of drug-likeness (QED) is 0.704. The first-order valence-corrected chi connectivity index (χ1v) is 6.79. The number of rotatable bonds is 2. The van der Waals surface area contributed by atoms with Gasteiger partial charge in [0.25, 0.3) is 0 Å². The van der Waals surface area contributed by atoms with Crippen molar-refractivity contribution in [3.63, 3.8) is 0 Å². The highest BCUT2D eigenvalue weighted by molar-refractivity contribution is 9.10. The highest BCUT2D eigenvalue weighted by atomic mass is 79.9. The summed E-state index contributed by atoms with van der Waals surface area (Å²) in [7, 11) is 0. The minimum Gasteiger partial charge on any atom is -0.505 e. The van der Waals surface area contributed by atoms with Crippen molar-refractivity contribution in [1.82, 2.24) is 10.2 Å². The maximum absolute atomic E-state index is 13.5. The van der Waals surface area contributed by atoms with Gasteiger partial charge in [-0.3, -0.25) is 4.90 Å². The molecule has 3 nitrogen and oxygen atoms in total. The molecule has 0 spiro atoms. The van der Waals surface area contributed by atoms with Crippen molar-refractivity contribution in [1.29, 1.82) is 0 Å². The number of nitrogens with one attached hydrogen (secondary N) is 1. The normalized spacial score (nSPS) is 17.3. The number of hydrogen-bond donors (Lipinski definition) is 2. The molecule has 10 heteroatoms. The van der Waals surface area contributed by atoms with E-state index in [0.29, 0.717) is 13.1 Å². The Morgan fingerprint density at radius 2 is 1.73 bits per heavy atom. The molecule has 0 unspecified atom stereocenters. The molecule has 0 aromatic heterocycles. The molecular weight excluding hydrogens is 415 g/mol. The lowest BCUT2D eigenvalue weighted by atomic mass is 10.0.